The zero-order chi connectivity index (χ0) is 32.1. The van der Waals surface area contributed by atoms with Gasteiger partial charge in [0.25, 0.3) is 0 Å². The monoisotopic (exact) mass is 416 g/mol. The van der Waals surface area contributed by atoms with Crippen LogP contribution in [0.25, 0.3) is 10.2 Å². The molecule has 1 unspecified atom stereocenters. The first-order valence-electron chi connectivity index (χ1n) is 14.7. The highest BCUT2D eigenvalue weighted by molar-refractivity contribution is 7.23. The molecule has 2 aromatic heterocycles. The number of anilines is 1. The molecular weight excluding hydrogens is 385 g/mol. The molecular formula is C19H17ClFN5S. The fourth-order valence-electron chi connectivity index (χ4n) is 2.02. The molecule has 5 nitrogen and oxygen atoms in total. The second-order valence-electron chi connectivity index (χ2n) is 4.90. The van der Waals surface area contributed by atoms with Crippen LogP contribution in [0.1, 0.15) is 43.1 Å². The Bertz CT molecular complexity index is 1630. The fourth-order valence-corrected chi connectivity index (χ4v) is 3.06. The number of hydrogen-bond acceptors (Lipinski definition) is 6. The quantitative estimate of drug-likeness (QED) is 0.681. The van der Waals surface area contributed by atoms with E-state index >= 15 is 0 Å². The number of rotatable bonds is 4. The minimum atomic E-state index is -3.95. The van der Waals surface area contributed by atoms with Gasteiger partial charge in [0.1, 0.15) is 24.0 Å². The summed E-state index contributed by atoms with van der Waals surface area (Å²) in [5.74, 6) is -2.30. The summed E-state index contributed by atoms with van der Waals surface area (Å²) in [5, 5.41) is 9.07. The third-order valence-corrected chi connectivity index (χ3v) is 4.34. The molecule has 1 atom stereocenters. The van der Waals surface area contributed by atoms with E-state index in [0.29, 0.717) is 11.3 Å². The number of benzene rings is 1. The number of nitrogens with zero attached hydrogens (tertiary/aromatic N) is 4. The largest absolute Gasteiger partial charge is 0.366 e. The first-order chi connectivity index (χ1) is 19.1. The second kappa shape index (κ2) is 7.77. The highest BCUT2D eigenvalue weighted by Crippen LogP contribution is 2.33. The lowest BCUT2D eigenvalue weighted by Gasteiger charge is -2.32. The Morgan fingerprint density at radius 3 is 3.11 bits per heavy atom. The maximum Gasteiger partial charge on any atom is 0.162 e. The number of aromatic nitrogens is 2. The van der Waals surface area contributed by atoms with Crippen LogP contribution in [0.4, 0.5) is 10.2 Å². The van der Waals surface area contributed by atoms with Crippen molar-refractivity contribution in [2.75, 3.05) is 18.3 Å². The molecule has 3 aromatic rings. The molecule has 4 rings (SSSR count). The van der Waals surface area contributed by atoms with Gasteiger partial charge >= 0.3 is 0 Å². The lowest BCUT2D eigenvalue weighted by atomic mass is 10.0. The number of piperidine rings is 1. The maximum atomic E-state index is 14.4. The van der Waals surface area contributed by atoms with Gasteiger partial charge in [-0.3, -0.25) is 4.90 Å². The summed E-state index contributed by atoms with van der Waals surface area (Å²) in [6.45, 7) is -10.5. The molecule has 3 heterocycles. The molecule has 1 saturated heterocycles. The Hall–Kier alpha value is -2.27. The van der Waals surface area contributed by atoms with E-state index in [4.69, 9.17) is 32.2 Å². The summed E-state index contributed by atoms with van der Waals surface area (Å²) in [6.07, 6.45) is -7.10. The highest BCUT2D eigenvalue weighted by Gasteiger charge is 2.21. The number of thiophene rings is 1. The Balaban J connectivity index is 2.00. The third-order valence-electron chi connectivity index (χ3n) is 3.16. The van der Waals surface area contributed by atoms with Crippen LogP contribution >= 0.6 is 22.9 Å². The molecule has 1 aliphatic rings. The number of fused-ring (bicyclic) bond motifs is 1. The topological polar surface area (TPSA) is 64.8 Å². The molecule has 1 aromatic carbocycles. The average molecular weight is 417 g/mol. The highest BCUT2D eigenvalue weighted by atomic mass is 35.5. The number of likely N-dealkylation sites (tertiary alicyclic amines) is 1. The predicted octanol–water partition coefficient (Wildman–Crippen LogP) is 4.43. The number of halogens is 2. The lowest BCUT2D eigenvalue weighted by molar-refractivity contribution is 0.211. The molecule has 0 radical (unpaired) electrons. The minimum Gasteiger partial charge on any atom is -0.366 e. The molecule has 138 valence electrons. The molecule has 1 aliphatic heterocycles. The number of nitriles is 1. The van der Waals surface area contributed by atoms with Crippen molar-refractivity contribution in [3.05, 3.63) is 51.8 Å². The van der Waals surface area contributed by atoms with Crippen molar-refractivity contribution in [2.24, 2.45) is 0 Å². The van der Waals surface area contributed by atoms with Gasteiger partial charge in [-0.05, 0) is 36.4 Å². The molecule has 8 heteroatoms. The van der Waals surface area contributed by atoms with E-state index in [9.17, 15) is 9.65 Å². The molecule has 1 N–H and O–H groups in total. The van der Waals surface area contributed by atoms with Crippen molar-refractivity contribution in [2.45, 2.75) is 25.3 Å². The summed E-state index contributed by atoms with van der Waals surface area (Å²) in [4.78, 5) is 7.28. The van der Waals surface area contributed by atoms with Crippen LogP contribution in [-0.4, -0.2) is 33.9 Å². The van der Waals surface area contributed by atoms with Gasteiger partial charge in [-0.15, -0.1) is 11.3 Å². The predicted molar refractivity (Wildman–Crippen MR) is 105 cm³/mol. The summed E-state index contributed by atoms with van der Waals surface area (Å²) < 4.78 is 141. The van der Waals surface area contributed by atoms with Gasteiger partial charge in [-0.2, -0.15) is 5.26 Å². The van der Waals surface area contributed by atoms with Crippen molar-refractivity contribution < 1.29 is 25.0 Å². The molecule has 0 bridgehead atoms. The third kappa shape index (κ3) is 4.03. The van der Waals surface area contributed by atoms with Gasteiger partial charge in [0, 0.05) is 37.9 Å². The van der Waals surface area contributed by atoms with E-state index in [1.807, 2.05) is 0 Å². The van der Waals surface area contributed by atoms with Gasteiger partial charge < -0.3 is 5.31 Å². The standard InChI is InChI=1S/C19H17ClFN5S/c20-17-8-16-18(27-17)19(24-11-23-16)25-14-3-5-26(6-4-14)10-12-1-2-15(21)13(7-12)9-22/h1-2,7-8,11,14H,3-6,10H2,(H,23,24,25)/i1D,2D,3D2,4D2,5D2,6D2,7D,8D,10D,14D/hD. The summed E-state index contributed by atoms with van der Waals surface area (Å²) >= 11 is 6.61. The Labute approximate surface area is 186 Å². The zero-order valence-corrected chi connectivity index (χ0v) is 14.6. The molecule has 0 spiro atoms. The Morgan fingerprint density at radius 2 is 2.33 bits per heavy atom. The van der Waals surface area contributed by atoms with E-state index in [-0.39, 0.29) is 30.8 Å². The normalized spacial score (nSPS) is 33.6. The van der Waals surface area contributed by atoms with Crippen molar-refractivity contribution in [1.29, 1.82) is 5.26 Å². The smallest absolute Gasteiger partial charge is 0.162 e. The molecule has 0 saturated carbocycles. The van der Waals surface area contributed by atoms with E-state index in [1.54, 1.807) is 0 Å². The summed E-state index contributed by atoms with van der Waals surface area (Å²) in [6, 6.07) is -6.61. The first kappa shape index (κ1) is 7.63. The van der Waals surface area contributed by atoms with Crippen LogP contribution in [0.2, 0.25) is 5.75 Å². The number of hydrogen-bond donors (Lipinski definition) is 1. The molecule has 0 aliphatic carbocycles. The van der Waals surface area contributed by atoms with Crippen LogP contribution in [0.15, 0.2) is 30.5 Å². The fraction of sp³-hybridized carbons (Fsp3) is 0.316. The average Bonchev–Trinajstić information content (AvgIpc) is 3.18. The van der Waals surface area contributed by atoms with Gasteiger partial charge in [0.15, 0.2) is 1.41 Å². The van der Waals surface area contributed by atoms with Crippen LogP contribution < -0.4 is 5.31 Å². The summed E-state index contributed by atoms with van der Waals surface area (Å²) in [7, 11) is 0. The van der Waals surface area contributed by atoms with Crippen LogP contribution in [-0.2, 0) is 6.52 Å². The van der Waals surface area contributed by atoms with Gasteiger partial charge in [-0.25, -0.2) is 14.4 Å². The van der Waals surface area contributed by atoms with Crippen molar-refractivity contribution >= 4 is 39.0 Å². The van der Waals surface area contributed by atoms with Crippen molar-refractivity contribution in [3.8, 4) is 6.07 Å². The molecule has 27 heavy (non-hydrogen) atoms. The molecule has 0 amide bonds. The minimum absolute atomic E-state index is 0.148. The zero-order valence-electron chi connectivity index (χ0n) is 28.1. The van der Waals surface area contributed by atoms with Crippen LogP contribution in [0, 0.1) is 17.1 Å². The van der Waals surface area contributed by atoms with E-state index < -0.39 is 79.2 Å². The van der Waals surface area contributed by atoms with Crippen LogP contribution in [0.5, 0.6) is 0 Å². The SMILES string of the molecule is [2H]c1c([2H])c(C([2H])N2C([2H])([2H])C([2H])([2H])C([2H])(N([2H])c3ncnc4c([2H])c(Cl)sc34)C([2H])([2H])C2([2H])[2H])c([2H])c(C#N)c1F. The van der Waals surface area contributed by atoms with E-state index in [0.717, 1.165) is 6.33 Å². The van der Waals surface area contributed by atoms with Crippen LogP contribution in [0.3, 0.4) is 0 Å². The van der Waals surface area contributed by atoms with E-state index in [1.165, 1.54) is 6.07 Å². The maximum absolute atomic E-state index is 14.4. The van der Waals surface area contributed by atoms with E-state index in [2.05, 4.69) is 9.97 Å². The van der Waals surface area contributed by atoms with Crippen molar-refractivity contribution in [3.63, 3.8) is 0 Å². The Kier molecular flexibility index (Phi) is 2.19. The second-order valence-corrected chi connectivity index (χ2v) is 6.52. The lowest BCUT2D eigenvalue weighted by Crippen LogP contribution is -2.38. The Morgan fingerprint density at radius 1 is 1.52 bits per heavy atom. The van der Waals surface area contributed by atoms with Gasteiger partial charge in [-0.1, -0.05) is 17.6 Å². The molecule has 1 fully saturated rings. The summed E-state index contributed by atoms with van der Waals surface area (Å²) in [5.41, 5.74) is -2.38. The number of nitrogens with one attached hydrogen (secondary N) is 1. The van der Waals surface area contributed by atoms with Gasteiger partial charge in [0.05, 0.1) is 27.0 Å². The van der Waals surface area contributed by atoms with Crippen molar-refractivity contribution in [1.82, 2.24) is 14.9 Å². The first-order valence-corrected chi connectivity index (χ1v) is 8.36. The van der Waals surface area contributed by atoms with Gasteiger partial charge in [0.2, 0.25) is 0 Å².